The largest absolute Gasteiger partial charge is 0.500 e. The molecule has 0 saturated carbocycles. The number of carbonyl (C=O) groups is 1. The lowest BCUT2D eigenvalue weighted by Crippen LogP contribution is -2.46. The molecule has 0 aliphatic rings. The summed E-state index contributed by atoms with van der Waals surface area (Å²) in [7, 11) is -2.56. The first kappa shape index (κ1) is 35.9. The normalized spacial score (nSPS) is 11.8. The van der Waals surface area contributed by atoms with Gasteiger partial charge in [-0.05, 0) is 39.4 Å². The number of esters is 1. The van der Waals surface area contributed by atoms with Gasteiger partial charge >= 0.3 is 14.8 Å². The van der Waals surface area contributed by atoms with Gasteiger partial charge in [0, 0.05) is 25.9 Å². The molecule has 0 saturated heterocycles. The maximum Gasteiger partial charge on any atom is 0.500 e. The molecule has 0 bridgehead atoms. The van der Waals surface area contributed by atoms with E-state index in [1.807, 2.05) is 20.8 Å². The van der Waals surface area contributed by atoms with Crippen LogP contribution < -0.4 is 0 Å². The van der Waals surface area contributed by atoms with Crippen molar-refractivity contribution in [3.63, 3.8) is 0 Å². The molecule has 0 spiro atoms. The monoisotopic (exact) mass is 548 g/mol. The van der Waals surface area contributed by atoms with Gasteiger partial charge in [0.05, 0.1) is 12.4 Å². The minimum absolute atomic E-state index is 0.0936. The topological polar surface area (TPSA) is 54.0 Å². The zero-order valence-corrected chi connectivity index (χ0v) is 26.2. The molecule has 0 N–H and O–H groups in total. The predicted octanol–water partition coefficient (Wildman–Crippen LogP) is 8.96. The molecule has 5 nitrogen and oxygen atoms in total. The van der Waals surface area contributed by atoms with E-state index in [0.29, 0.717) is 32.2 Å². The summed E-state index contributed by atoms with van der Waals surface area (Å²) in [4.78, 5) is 12.0. The van der Waals surface area contributed by atoms with Crippen LogP contribution in [0, 0.1) is 0 Å². The lowest BCUT2D eigenvalue weighted by molar-refractivity contribution is -0.140. The smallest absolute Gasteiger partial charge is 0.465 e. The fraction of sp³-hybridized carbons (Fsp3) is 0.966. The summed E-state index contributed by atoms with van der Waals surface area (Å²) in [6, 6.07) is 0.795. The molecule has 7 heteroatoms. The highest BCUT2D eigenvalue weighted by molar-refractivity contribution is 7.99. The van der Waals surface area contributed by atoms with Crippen molar-refractivity contribution in [1.29, 1.82) is 0 Å². The van der Waals surface area contributed by atoms with Crippen molar-refractivity contribution in [3.8, 4) is 0 Å². The Hall–Kier alpha value is -0.0831. The lowest BCUT2D eigenvalue weighted by atomic mass is 10.0. The second kappa shape index (κ2) is 27.9. The van der Waals surface area contributed by atoms with Crippen molar-refractivity contribution < 1.29 is 22.8 Å². The molecule has 0 amide bonds. The highest BCUT2D eigenvalue weighted by Crippen LogP contribution is 2.20. The molecule has 0 aromatic rings. The number of rotatable bonds is 29. The van der Waals surface area contributed by atoms with Crippen molar-refractivity contribution in [2.45, 2.75) is 143 Å². The van der Waals surface area contributed by atoms with E-state index in [4.69, 9.17) is 18.0 Å². The van der Waals surface area contributed by atoms with Gasteiger partial charge in [-0.1, -0.05) is 103 Å². The molecular weight excluding hydrogens is 488 g/mol. The van der Waals surface area contributed by atoms with Crippen molar-refractivity contribution in [1.82, 2.24) is 0 Å². The average molecular weight is 549 g/mol. The van der Waals surface area contributed by atoms with Crippen LogP contribution in [0.4, 0.5) is 0 Å². The zero-order valence-electron chi connectivity index (χ0n) is 24.4. The van der Waals surface area contributed by atoms with Crippen LogP contribution in [0.2, 0.25) is 6.04 Å². The number of unbranched alkanes of at least 4 members (excludes halogenated alkanes) is 15. The Morgan fingerprint density at radius 2 is 1.00 bits per heavy atom. The molecule has 0 atom stereocenters. The molecule has 0 unspecified atom stereocenters. The molecule has 0 aliphatic heterocycles. The summed E-state index contributed by atoms with van der Waals surface area (Å²) in [5, 5.41) is 0. The van der Waals surface area contributed by atoms with Crippen LogP contribution in [0.15, 0.2) is 0 Å². The van der Waals surface area contributed by atoms with E-state index < -0.39 is 8.80 Å². The first-order valence-corrected chi connectivity index (χ1v) is 18.4. The van der Waals surface area contributed by atoms with Crippen LogP contribution in [-0.4, -0.2) is 52.7 Å². The molecule has 0 fully saturated rings. The van der Waals surface area contributed by atoms with Gasteiger partial charge < -0.3 is 18.0 Å². The Labute approximate surface area is 229 Å². The zero-order chi connectivity index (χ0) is 26.6. The highest BCUT2D eigenvalue weighted by atomic mass is 32.2. The Balaban J connectivity index is 3.47. The first-order valence-electron chi connectivity index (χ1n) is 15.3. The molecule has 36 heavy (non-hydrogen) atoms. The molecule has 216 valence electrons. The number of hydrogen-bond donors (Lipinski definition) is 0. The average Bonchev–Trinajstić information content (AvgIpc) is 2.86. The van der Waals surface area contributed by atoms with E-state index in [9.17, 15) is 4.79 Å². The molecule has 0 aliphatic carbocycles. The van der Waals surface area contributed by atoms with Crippen LogP contribution in [0.3, 0.4) is 0 Å². The van der Waals surface area contributed by atoms with Gasteiger partial charge in [-0.3, -0.25) is 4.79 Å². The van der Waals surface area contributed by atoms with E-state index in [2.05, 4.69) is 6.92 Å². The van der Waals surface area contributed by atoms with Crippen LogP contribution in [-0.2, 0) is 22.8 Å². The van der Waals surface area contributed by atoms with E-state index in [1.54, 1.807) is 11.8 Å². The quantitative estimate of drug-likeness (QED) is 0.0528. The van der Waals surface area contributed by atoms with Gasteiger partial charge in [-0.25, -0.2) is 0 Å². The van der Waals surface area contributed by atoms with Gasteiger partial charge in [0.15, 0.2) is 0 Å². The summed E-state index contributed by atoms with van der Waals surface area (Å²) < 4.78 is 23.0. The second-order valence-electron chi connectivity index (χ2n) is 9.66. The Morgan fingerprint density at radius 3 is 1.42 bits per heavy atom. The Bertz CT molecular complexity index is 450. The maximum atomic E-state index is 12.0. The molecule has 0 radical (unpaired) electrons. The van der Waals surface area contributed by atoms with Crippen LogP contribution >= 0.6 is 11.8 Å². The standard InChI is InChI=1S/C29H60O5SSi/c1-5-9-10-11-12-13-14-15-16-17-18-19-20-21-22-23-25-31-29(30)28-35-26-24-27-36(32-6-2,33-7-3)34-8-4/h5-28H2,1-4H3. The van der Waals surface area contributed by atoms with Gasteiger partial charge in [-0.15, -0.1) is 0 Å². The molecule has 0 rings (SSSR count). The van der Waals surface area contributed by atoms with Crippen LogP contribution in [0.25, 0.3) is 0 Å². The van der Waals surface area contributed by atoms with Gasteiger partial charge in [0.25, 0.3) is 0 Å². The van der Waals surface area contributed by atoms with Crippen molar-refractivity contribution in [2.24, 2.45) is 0 Å². The number of thioether (sulfide) groups is 1. The summed E-state index contributed by atoms with van der Waals surface area (Å²) in [5.74, 6) is 1.21. The molecule has 0 heterocycles. The van der Waals surface area contributed by atoms with E-state index >= 15 is 0 Å². The third-order valence-corrected chi connectivity index (χ3v) is 10.5. The second-order valence-corrected chi connectivity index (χ2v) is 13.5. The minimum Gasteiger partial charge on any atom is -0.465 e. The first-order chi connectivity index (χ1) is 17.6. The van der Waals surface area contributed by atoms with Crippen LogP contribution in [0.1, 0.15) is 137 Å². The predicted molar refractivity (Wildman–Crippen MR) is 158 cm³/mol. The lowest BCUT2D eigenvalue weighted by Gasteiger charge is -2.28. The van der Waals surface area contributed by atoms with E-state index in [-0.39, 0.29) is 5.97 Å². The number of ether oxygens (including phenoxy) is 1. The summed E-state index contributed by atoms with van der Waals surface area (Å²) >= 11 is 1.63. The Kier molecular flexibility index (Phi) is 27.9. The SMILES string of the molecule is CCCCCCCCCCCCCCCCCCOC(=O)CSCCC[Si](OCC)(OCC)OCC. The fourth-order valence-electron chi connectivity index (χ4n) is 4.43. The molecule has 0 aromatic heterocycles. The van der Waals surface area contributed by atoms with Crippen LogP contribution in [0.5, 0.6) is 0 Å². The summed E-state index contributed by atoms with van der Waals surface area (Å²) in [5.41, 5.74) is 0. The van der Waals surface area contributed by atoms with Crippen molar-refractivity contribution >= 4 is 26.5 Å². The van der Waals surface area contributed by atoms with E-state index in [0.717, 1.165) is 31.1 Å². The van der Waals surface area contributed by atoms with Crippen molar-refractivity contribution in [3.05, 3.63) is 0 Å². The van der Waals surface area contributed by atoms with E-state index in [1.165, 1.54) is 89.9 Å². The molecular formula is C29H60O5SSi. The molecule has 0 aromatic carbocycles. The third-order valence-electron chi connectivity index (χ3n) is 6.35. The minimum atomic E-state index is -2.56. The summed E-state index contributed by atoms with van der Waals surface area (Å²) in [6.45, 7) is 10.6. The highest BCUT2D eigenvalue weighted by Gasteiger charge is 2.39. The van der Waals surface area contributed by atoms with Gasteiger partial charge in [0.1, 0.15) is 0 Å². The maximum absolute atomic E-state index is 12.0. The fourth-order valence-corrected chi connectivity index (χ4v) is 8.04. The Morgan fingerprint density at radius 1 is 0.583 bits per heavy atom. The number of carbonyl (C=O) groups excluding carboxylic acids is 1. The number of hydrogen-bond acceptors (Lipinski definition) is 6. The summed E-state index contributed by atoms with van der Waals surface area (Å²) in [6.07, 6.45) is 22.6. The van der Waals surface area contributed by atoms with Gasteiger partial charge in [0.2, 0.25) is 0 Å². The van der Waals surface area contributed by atoms with Gasteiger partial charge in [-0.2, -0.15) is 11.8 Å². The van der Waals surface area contributed by atoms with Crippen molar-refractivity contribution in [2.75, 3.05) is 37.9 Å². The third kappa shape index (κ3) is 23.1.